The lowest BCUT2D eigenvalue weighted by Gasteiger charge is -1.98. The summed E-state index contributed by atoms with van der Waals surface area (Å²) in [6, 6.07) is 5.11. The number of nitrogen functional groups attached to an aromatic ring is 1. The summed E-state index contributed by atoms with van der Waals surface area (Å²) in [4.78, 5) is 4.22. The third kappa shape index (κ3) is 2.54. The summed E-state index contributed by atoms with van der Waals surface area (Å²) in [6.45, 7) is 1.82. The summed E-state index contributed by atoms with van der Waals surface area (Å²) in [6.07, 6.45) is 0. The lowest BCUT2D eigenvalue weighted by molar-refractivity contribution is 0.477. The maximum atomic E-state index is 12.4. The molecule has 8 heteroatoms. The number of nitrogens with two attached hydrogens (primary N) is 1. The fourth-order valence-electron chi connectivity index (χ4n) is 2.05. The molecule has 0 amide bonds. The molecule has 1 unspecified atom stereocenters. The second-order valence-corrected chi connectivity index (χ2v) is 6.36. The fourth-order valence-corrected chi connectivity index (χ4v) is 3.48. The summed E-state index contributed by atoms with van der Waals surface area (Å²) in [5.74, 6) is 0.209. The molecule has 0 fully saturated rings. The monoisotopic (exact) mass is 324 g/mol. The number of aryl methyl sites for hydroxylation is 2. The van der Waals surface area contributed by atoms with Crippen molar-refractivity contribution in [3.63, 3.8) is 0 Å². The maximum absolute atomic E-state index is 12.4. The molecular weight excluding hydrogens is 312 g/mol. The molecule has 0 saturated carbocycles. The van der Waals surface area contributed by atoms with E-state index < -0.39 is 10.8 Å². The predicted molar refractivity (Wildman–Crippen MR) is 81.5 cm³/mol. The van der Waals surface area contributed by atoms with Gasteiger partial charge in [-0.3, -0.25) is 4.68 Å². The first kappa shape index (κ1) is 14.1. The highest BCUT2D eigenvalue weighted by Gasteiger charge is 2.19. The average Bonchev–Trinajstić information content (AvgIpc) is 2.95. The van der Waals surface area contributed by atoms with Gasteiger partial charge in [-0.15, -0.1) is 0 Å². The van der Waals surface area contributed by atoms with E-state index in [9.17, 15) is 4.21 Å². The predicted octanol–water partition coefficient (Wildman–Crippen LogP) is 2.41. The lowest BCUT2D eigenvalue weighted by Crippen LogP contribution is -1.98. The van der Waals surface area contributed by atoms with E-state index >= 15 is 0 Å². The Morgan fingerprint density at radius 2 is 2.24 bits per heavy atom. The molecule has 2 aromatic heterocycles. The largest absolute Gasteiger partial charge is 0.430 e. The van der Waals surface area contributed by atoms with Crippen LogP contribution in [0, 0.1) is 6.92 Å². The van der Waals surface area contributed by atoms with Crippen molar-refractivity contribution >= 4 is 39.2 Å². The quantitative estimate of drug-likeness (QED) is 0.747. The van der Waals surface area contributed by atoms with Crippen LogP contribution in [0.1, 0.15) is 11.3 Å². The summed E-state index contributed by atoms with van der Waals surface area (Å²) >= 11 is 6.14. The third-order valence-electron chi connectivity index (χ3n) is 3.13. The summed E-state index contributed by atoms with van der Waals surface area (Å²) < 4.78 is 19.5. The fraction of sp³-hybridized carbons (Fsp3) is 0.231. The van der Waals surface area contributed by atoms with Crippen LogP contribution in [0.3, 0.4) is 0 Å². The lowest BCUT2D eigenvalue weighted by atomic mass is 10.3. The minimum atomic E-state index is -1.44. The van der Waals surface area contributed by atoms with Crippen molar-refractivity contribution in [2.24, 2.45) is 7.05 Å². The van der Waals surface area contributed by atoms with Gasteiger partial charge in [-0.1, -0.05) is 11.6 Å². The van der Waals surface area contributed by atoms with Gasteiger partial charge in [0.25, 0.3) is 5.22 Å². The van der Waals surface area contributed by atoms with E-state index in [0.29, 0.717) is 21.9 Å². The Balaban J connectivity index is 1.93. The van der Waals surface area contributed by atoms with Crippen LogP contribution in [0.5, 0.6) is 0 Å². The van der Waals surface area contributed by atoms with Crippen molar-refractivity contribution in [3.8, 4) is 0 Å². The van der Waals surface area contributed by atoms with Crippen LogP contribution in [0.25, 0.3) is 11.1 Å². The first-order valence-electron chi connectivity index (χ1n) is 6.18. The van der Waals surface area contributed by atoms with Gasteiger partial charge in [-0.2, -0.15) is 5.10 Å². The number of halogens is 1. The second-order valence-electron chi connectivity index (χ2n) is 4.68. The standard InChI is InChI=1S/C13H13ClN4O2S/c1-7-9(12(14)18(2)17-7)6-21(19)13-16-10-4-3-8(15)5-11(10)20-13/h3-5H,6,15H2,1-2H3. The Hall–Kier alpha value is -1.86. The topological polar surface area (TPSA) is 86.9 Å². The van der Waals surface area contributed by atoms with Gasteiger partial charge in [0.2, 0.25) is 0 Å². The number of rotatable bonds is 3. The van der Waals surface area contributed by atoms with Crippen LogP contribution in [-0.2, 0) is 23.6 Å². The summed E-state index contributed by atoms with van der Waals surface area (Å²) in [5.41, 5.74) is 8.88. The SMILES string of the molecule is Cc1nn(C)c(Cl)c1CS(=O)c1nc2ccc(N)cc2o1. The van der Waals surface area contributed by atoms with Crippen LogP contribution < -0.4 is 5.73 Å². The molecule has 3 rings (SSSR count). The molecule has 3 aromatic rings. The van der Waals surface area contributed by atoms with E-state index in [4.69, 9.17) is 21.8 Å². The van der Waals surface area contributed by atoms with E-state index in [1.165, 1.54) is 0 Å². The normalized spacial score (nSPS) is 12.9. The van der Waals surface area contributed by atoms with E-state index in [2.05, 4.69) is 10.1 Å². The number of oxazole rings is 1. The van der Waals surface area contributed by atoms with Crippen molar-refractivity contribution in [2.45, 2.75) is 17.9 Å². The Kier molecular flexibility index (Phi) is 3.46. The van der Waals surface area contributed by atoms with Crippen LogP contribution in [0.4, 0.5) is 5.69 Å². The third-order valence-corrected chi connectivity index (χ3v) is 4.72. The van der Waals surface area contributed by atoms with Gasteiger partial charge in [-0.25, -0.2) is 9.19 Å². The van der Waals surface area contributed by atoms with E-state index in [1.54, 1.807) is 29.9 Å². The number of aromatic nitrogens is 3. The van der Waals surface area contributed by atoms with Gasteiger partial charge in [0, 0.05) is 24.4 Å². The average molecular weight is 325 g/mol. The molecule has 0 aliphatic heterocycles. The van der Waals surface area contributed by atoms with Gasteiger partial charge in [-0.05, 0) is 19.1 Å². The highest BCUT2D eigenvalue weighted by atomic mass is 35.5. The Morgan fingerprint density at radius 1 is 1.48 bits per heavy atom. The molecule has 6 nitrogen and oxygen atoms in total. The number of anilines is 1. The van der Waals surface area contributed by atoms with Gasteiger partial charge in [0.1, 0.15) is 21.5 Å². The van der Waals surface area contributed by atoms with Gasteiger partial charge < -0.3 is 10.2 Å². The van der Waals surface area contributed by atoms with Gasteiger partial charge in [0.05, 0.1) is 11.4 Å². The molecule has 1 aromatic carbocycles. The summed E-state index contributed by atoms with van der Waals surface area (Å²) in [7, 11) is 0.303. The minimum absolute atomic E-state index is 0.162. The van der Waals surface area contributed by atoms with Gasteiger partial charge >= 0.3 is 0 Å². The van der Waals surface area contributed by atoms with Crippen molar-refractivity contribution in [1.82, 2.24) is 14.8 Å². The zero-order valence-electron chi connectivity index (χ0n) is 11.5. The molecule has 0 spiro atoms. The molecule has 0 radical (unpaired) electrons. The molecule has 0 saturated heterocycles. The second kappa shape index (κ2) is 5.16. The van der Waals surface area contributed by atoms with Crippen LogP contribution in [0.15, 0.2) is 27.8 Å². The number of hydrogen-bond acceptors (Lipinski definition) is 5. The molecule has 0 bridgehead atoms. The molecule has 0 aliphatic carbocycles. The van der Waals surface area contributed by atoms with Gasteiger partial charge in [0.15, 0.2) is 5.58 Å². The summed E-state index contributed by atoms with van der Waals surface area (Å²) in [5, 5.41) is 4.83. The zero-order chi connectivity index (χ0) is 15.1. The first-order chi connectivity index (χ1) is 9.95. The van der Waals surface area contributed by atoms with E-state index in [1.807, 2.05) is 6.92 Å². The highest BCUT2D eigenvalue weighted by molar-refractivity contribution is 7.84. The minimum Gasteiger partial charge on any atom is -0.430 e. The van der Waals surface area contributed by atoms with Crippen LogP contribution in [-0.4, -0.2) is 19.0 Å². The number of hydrogen-bond donors (Lipinski definition) is 1. The van der Waals surface area contributed by atoms with Crippen LogP contribution >= 0.6 is 11.6 Å². The molecule has 110 valence electrons. The smallest absolute Gasteiger partial charge is 0.288 e. The number of nitrogens with zero attached hydrogens (tertiary/aromatic N) is 3. The van der Waals surface area contributed by atoms with Crippen molar-refractivity contribution < 1.29 is 8.63 Å². The molecule has 1 atom stereocenters. The molecule has 2 N–H and O–H groups in total. The number of fused-ring (bicyclic) bond motifs is 1. The Labute approximate surface area is 128 Å². The zero-order valence-corrected chi connectivity index (χ0v) is 13.0. The molecule has 0 aliphatic rings. The Morgan fingerprint density at radius 3 is 2.90 bits per heavy atom. The van der Waals surface area contributed by atoms with Crippen molar-refractivity contribution in [2.75, 3.05) is 5.73 Å². The van der Waals surface area contributed by atoms with E-state index in [-0.39, 0.29) is 11.0 Å². The van der Waals surface area contributed by atoms with Crippen molar-refractivity contribution in [3.05, 3.63) is 34.6 Å². The highest BCUT2D eigenvalue weighted by Crippen LogP contribution is 2.25. The number of benzene rings is 1. The maximum Gasteiger partial charge on any atom is 0.288 e. The molecule has 2 heterocycles. The van der Waals surface area contributed by atoms with Crippen molar-refractivity contribution in [1.29, 1.82) is 0 Å². The van der Waals surface area contributed by atoms with Crippen LogP contribution in [0.2, 0.25) is 5.15 Å². The first-order valence-corrected chi connectivity index (χ1v) is 7.88. The molecule has 21 heavy (non-hydrogen) atoms. The van der Waals surface area contributed by atoms with E-state index in [0.717, 1.165) is 11.3 Å². The Bertz CT molecular complexity index is 855. The molecular formula is C13H13ClN4O2S.